The number of aromatic nitrogens is 2. The first-order valence-electron chi connectivity index (χ1n) is 11.0. The number of rotatable bonds is 6. The van der Waals surface area contributed by atoms with E-state index in [9.17, 15) is 0 Å². The Balaban J connectivity index is 1.29. The first-order chi connectivity index (χ1) is 15.3. The third kappa shape index (κ3) is 4.76. The SMILES string of the molecule is c1ccc(CN2CCN(Cc3nc(-c4ccccc4)c(-c4ccccc4)[nH]3)CC2)cc1. The van der Waals surface area contributed by atoms with Crippen molar-refractivity contribution in [1.29, 1.82) is 0 Å². The van der Waals surface area contributed by atoms with Gasteiger partial charge in [-0.05, 0) is 5.56 Å². The van der Waals surface area contributed by atoms with Gasteiger partial charge in [0.2, 0.25) is 0 Å². The lowest BCUT2D eigenvalue weighted by Crippen LogP contribution is -2.45. The third-order valence-electron chi connectivity index (χ3n) is 5.95. The maximum absolute atomic E-state index is 5.03. The summed E-state index contributed by atoms with van der Waals surface area (Å²) in [6, 6.07) is 31.7. The third-order valence-corrected chi connectivity index (χ3v) is 5.95. The highest BCUT2D eigenvalue weighted by molar-refractivity contribution is 5.78. The number of benzene rings is 3. The second-order valence-corrected chi connectivity index (χ2v) is 8.18. The molecule has 1 fully saturated rings. The Hall–Kier alpha value is -3.21. The lowest BCUT2D eigenvalue weighted by atomic mass is 10.1. The number of hydrogen-bond donors (Lipinski definition) is 1. The summed E-state index contributed by atoms with van der Waals surface area (Å²) in [7, 11) is 0. The molecule has 0 saturated carbocycles. The van der Waals surface area contributed by atoms with Crippen molar-refractivity contribution in [2.24, 2.45) is 0 Å². The molecule has 3 aromatic carbocycles. The summed E-state index contributed by atoms with van der Waals surface area (Å²) in [5.41, 5.74) is 5.85. The highest BCUT2D eigenvalue weighted by Crippen LogP contribution is 2.30. The predicted molar refractivity (Wildman–Crippen MR) is 126 cm³/mol. The highest BCUT2D eigenvalue weighted by atomic mass is 15.3. The van der Waals surface area contributed by atoms with Gasteiger partial charge in [0.15, 0.2) is 0 Å². The lowest BCUT2D eigenvalue weighted by Gasteiger charge is -2.34. The molecule has 1 saturated heterocycles. The zero-order chi connectivity index (χ0) is 20.9. The van der Waals surface area contributed by atoms with Gasteiger partial charge in [-0.15, -0.1) is 0 Å². The van der Waals surface area contributed by atoms with E-state index in [0.717, 1.165) is 62.0 Å². The van der Waals surface area contributed by atoms with Crippen LogP contribution in [0.4, 0.5) is 0 Å². The summed E-state index contributed by atoms with van der Waals surface area (Å²) in [6.45, 7) is 6.20. The van der Waals surface area contributed by atoms with Crippen LogP contribution in [0.2, 0.25) is 0 Å². The summed E-state index contributed by atoms with van der Waals surface area (Å²) in [5, 5.41) is 0. The molecule has 4 aromatic rings. The van der Waals surface area contributed by atoms with Crippen molar-refractivity contribution >= 4 is 0 Å². The number of aromatic amines is 1. The minimum Gasteiger partial charge on any atom is -0.340 e. The second kappa shape index (κ2) is 9.29. The van der Waals surface area contributed by atoms with Crippen molar-refractivity contribution in [2.45, 2.75) is 13.1 Å². The second-order valence-electron chi connectivity index (χ2n) is 8.18. The molecule has 1 aliphatic heterocycles. The topological polar surface area (TPSA) is 35.2 Å². The zero-order valence-corrected chi connectivity index (χ0v) is 17.7. The van der Waals surface area contributed by atoms with Crippen molar-refractivity contribution in [3.05, 3.63) is 102 Å². The van der Waals surface area contributed by atoms with Gasteiger partial charge in [-0.2, -0.15) is 0 Å². The molecule has 0 atom stereocenters. The van der Waals surface area contributed by atoms with E-state index in [2.05, 4.69) is 99.7 Å². The quantitative estimate of drug-likeness (QED) is 0.484. The van der Waals surface area contributed by atoms with Gasteiger partial charge in [0.05, 0.1) is 17.9 Å². The normalized spacial score (nSPS) is 15.2. The Kier molecular flexibility index (Phi) is 5.92. The molecule has 0 bridgehead atoms. The molecule has 1 N–H and O–H groups in total. The predicted octanol–water partition coefficient (Wildman–Crippen LogP) is 5.06. The van der Waals surface area contributed by atoms with E-state index < -0.39 is 0 Å². The molecule has 0 radical (unpaired) electrons. The van der Waals surface area contributed by atoms with Crippen molar-refractivity contribution in [3.63, 3.8) is 0 Å². The summed E-state index contributed by atoms with van der Waals surface area (Å²) in [6.07, 6.45) is 0. The van der Waals surface area contributed by atoms with Gasteiger partial charge in [-0.1, -0.05) is 91.0 Å². The Morgan fingerprint density at radius 3 is 1.74 bits per heavy atom. The van der Waals surface area contributed by atoms with Crippen LogP contribution in [0.3, 0.4) is 0 Å². The molecular weight excluding hydrogens is 380 g/mol. The fourth-order valence-electron chi connectivity index (χ4n) is 4.27. The van der Waals surface area contributed by atoms with Gasteiger partial charge < -0.3 is 4.98 Å². The molecule has 156 valence electrons. The van der Waals surface area contributed by atoms with Crippen LogP contribution in [-0.2, 0) is 13.1 Å². The van der Waals surface area contributed by atoms with E-state index in [-0.39, 0.29) is 0 Å². The summed E-state index contributed by atoms with van der Waals surface area (Å²) >= 11 is 0. The summed E-state index contributed by atoms with van der Waals surface area (Å²) < 4.78 is 0. The number of nitrogens with one attached hydrogen (secondary N) is 1. The molecule has 5 rings (SSSR count). The van der Waals surface area contributed by atoms with E-state index >= 15 is 0 Å². The average Bonchev–Trinajstić information content (AvgIpc) is 3.26. The van der Waals surface area contributed by atoms with E-state index in [1.54, 1.807) is 0 Å². The van der Waals surface area contributed by atoms with Crippen molar-refractivity contribution in [3.8, 4) is 22.5 Å². The minimum atomic E-state index is 0.853. The van der Waals surface area contributed by atoms with Crippen LogP contribution < -0.4 is 0 Å². The summed E-state index contributed by atoms with van der Waals surface area (Å²) in [5.74, 6) is 1.04. The average molecular weight is 409 g/mol. The largest absolute Gasteiger partial charge is 0.340 e. The van der Waals surface area contributed by atoms with Crippen LogP contribution in [0.5, 0.6) is 0 Å². The monoisotopic (exact) mass is 408 g/mol. The van der Waals surface area contributed by atoms with Gasteiger partial charge in [0.1, 0.15) is 5.82 Å². The minimum absolute atomic E-state index is 0.853. The molecule has 2 heterocycles. The fraction of sp³-hybridized carbons (Fsp3) is 0.222. The van der Waals surface area contributed by atoms with Crippen LogP contribution >= 0.6 is 0 Å². The van der Waals surface area contributed by atoms with Gasteiger partial charge >= 0.3 is 0 Å². The molecule has 0 amide bonds. The fourth-order valence-corrected chi connectivity index (χ4v) is 4.27. The molecular formula is C27H28N4. The maximum atomic E-state index is 5.03. The van der Waals surface area contributed by atoms with Crippen LogP contribution in [0, 0.1) is 0 Å². The van der Waals surface area contributed by atoms with E-state index in [1.807, 2.05) is 6.07 Å². The smallest absolute Gasteiger partial charge is 0.121 e. The Morgan fingerprint density at radius 1 is 0.613 bits per heavy atom. The number of piperazine rings is 1. The Morgan fingerprint density at radius 2 is 1.13 bits per heavy atom. The van der Waals surface area contributed by atoms with Gasteiger partial charge in [0, 0.05) is 43.9 Å². The van der Waals surface area contributed by atoms with Crippen LogP contribution in [-0.4, -0.2) is 45.9 Å². The molecule has 0 unspecified atom stereocenters. The van der Waals surface area contributed by atoms with Crippen molar-refractivity contribution in [1.82, 2.24) is 19.8 Å². The highest BCUT2D eigenvalue weighted by Gasteiger charge is 2.20. The van der Waals surface area contributed by atoms with Crippen LogP contribution in [0.1, 0.15) is 11.4 Å². The molecule has 1 aliphatic rings. The molecule has 31 heavy (non-hydrogen) atoms. The van der Waals surface area contributed by atoms with Crippen molar-refractivity contribution < 1.29 is 0 Å². The van der Waals surface area contributed by atoms with Gasteiger partial charge in [-0.3, -0.25) is 9.80 Å². The first kappa shape index (κ1) is 19.7. The zero-order valence-electron chi connectivity index (χ0n) is 17.7. The molecule has 0 aliphatic carbocycles. The maximum Gasteiger partial charge on any atom is 0.121 e. The van der Waals surface area contributed by atoms with Gasteiger partial charge in [0.25, 0.3) is 0 Å². The Labute approximate surface area is 184 Å². The van der Waals surface area contributed by atoms with E-state index in [4.69, 9.17) is 4.98 Å². The van der Waals surface area contributed by atoms with E-state index in [0.29, 0.717) is 0 Å². The van der Waals surface area contributed by atoms with Crippen molar-refractivity contribution in [2.75, 3.05) is 26.2 Å². The number of hydrogen-bond acceptors (Lipinski definition) is 3. The first-order valence-corrected chi connectivity index (χ1v) is 11.0. The van der Waals surface area contributed by atoms with Gasteiger partial charge in [-0.25, -0.2) is 4.98 Å². The molecule has 4 heteroatoms. The molecule has 0 spiro atoms. The number of nitrogens with zero attached hydrogens (tertiary/aromatic N) is 3. The lowest BCUT2D eigenvalue weighted by molar-refractivity contribution is 0.120. The number of H-pyrrole nitrogens is 1. The number of imidazole rings is 1. The van der Waals surface area contributed by atoms with Crippen LogP contribution in [0.25, 0.3) is 22.5 Å². The van der Waals surface area contributed by atoms with Crippen LogP contribution in [0.15, 0.2) is 91.0 Å². The standard InChI is InChI=1S/C27H28N4/c1-4-10-22(11-5-1)20-30-16-18-31(19-17-30)21-25-28-26(23-12-6-2-7-13-23)27(29-25)24-14-8-3-9-15-24/h1-15H,16-21H2,(H,28,29). The Bertz CT molecular complexity index is 1030. The van der Waals surface area contributed by atoms with E-state index in [1.165, 1.54) is 11.1 Å². The molecule has 4 nitrogen and oxygen atoms in total. The molecule has 1 aromatic heterocycles. The summed E-state index contributed by atoms with van der Waals surface area (Å²) in [4.78, 5) is 13.7.